The van der Waals surface area contributed by atoms with Gasteiger partial charge >= 0.3 is 0 Å². The molecular formula is C18H13Cl2N3O. The first-order valence-corrected chi connectivity index (χ1v) is 7.95. The van der Waals surface area contributed by atoms with E-state index in [9.17, 15) is 4.79 Å². The van der Waals surface area contributed by atoms with E-state index in [1.165, 1.54) is 6.21 Å². The molecule has 3 rings (SSSR count). The van der Waals surface area contributed by atoms with E-state index in [0.29, 0.717) is 21.2 Å². The van der Waals surface area contributed by atoms with Crippen molar-refractivity contribution in [2.75, 3.05) is 0 Å². The Kier molecular flexibility index (Phi) is 4.79. The number of halogens is 2. The van der Waals surface area contributed by atoms with Gasteiger partial charge in [-0.25, -0.2) is 5.43 Å². The number of amides is 1. The van der Waals surface area contributed by atoms with Crippen LogP contribution in [0.4, 0.5) is 0 Å². The van der Waals surface area contributed by atoms with Crippen LogP contribution in [0.3, 0.4) is 0 Å². The van der Waals surface area contributed by atoms with E-state index in [-0.39, 0.29) is 5.91 Å². The van der Waals surface area contributed by atoms with Crippen molar-refractivity contribution in [3.05, 3.63) is 75.4 Å². The maximum Gasteiger partial charge on any atom is 0.272 e. The Morgan fingerprint density at radius 1 is 1.12 bits per heavy atom. The quantitative estimate of drug-likeness (QED) is 0.549. The molecule has 0 radical (unpaired) electrons. The lowest BCUT2D eigenvalue weighted by molar-refractivity contribution is 0.0956. The zero-order valence-electron chi connectivity index (χ0n) is 12.8. The molecule has 6 heteroatoms. The molecule has 2 aromatic carbocycles. The minimum atomic E-state index is -0.323. The van der Waals surface area contributed by atoms with Gasteiger partial charge in [-0.05, 0) is 31.2 Å². The fourth-order valence-electron chi connectivity index (χ4n) is 2.35. The Hall–Kier alpha value is -2.43. The summed E-state index contributed by atoms with van der Waals surface area (Å²) in [6.45, 7) is 1.84. The van der Waals surface area contributed by atoms with Gasteiger partial charge in [0, 0.05) is 16.6 Å². The van der Waals surface area contributed by atoms with Crippen molar-refractivity contribution in [3.8, 4) is 0 Å². The first-order chi connectivity index (χ1) is 11.6. The van der Waals surface area contributed by atoms with Crippen LogP contribution in [-0.2, 0) is 0 Å². The van der Waals surface area contributed by atoms with Gasteiger partial charge in [-0.15, -0.1) is 0 Å². The number of hydrogen-bond acceptors (Lipinski definition) is 3. The van der Waals surface area contributed by atoms with E-state index in [4.69, 9.17) is 23.2 Å². The molecule has 3 aromatic rings. The molecule has 0 fully saturated rings. The van der Waals surface area contributed by atoms with E-state index in [0.717, 1.165) is 16.6 Å². The molecular weight excluding hydrogens is 345 g/mol. The number of pyridine rings is 1. The number of aryl methyl sites for hydroxylation is 1. The number of carbonyl (C=O) groups excluding carboxylic acids is 1. The molecule has 0 unspecified atom stereocenters. The summed E-state index contributed by atoms with van der Waals surface area (Å²) in [5.41, 5.74) is 5.10. The van der Waals surface area contributed by atoms with Gasteiger partial charge in [0.1, 0.15) is 0 Å². The van der Waals surface area contributed by atoms with Crippen LogP contribution in [0.2, 0.25) is 10.0 Å². The molecule has 0 bridgehead atoms. The van der Waals surface area contributed by atoms with Crippen LogP contribution in [0.1, 0.15) is 21.6 Å². The van der Waals surface area contributed by atoms with Crippen LogP contribution in [0.15, 0.2) is 53.6 Å². The van der Waals surface area contributed by atoms with Crippen molar-refractivity contribution in [1.29, 1.82) is 0 Å². The number of benzene rings is 2. The van der Waals surface area contributed by atoms with Gasteiger partial charge in [-0.1, -0.05) is 47.5 Å². The molecule has 24 heavy (non-hydrogen) atoms. The van der Waals surface area contributed by atoms with Crippen molar-refractivity contribution in [2.24, 2.45) is 5.10 Å². The second-order valence-electron chi connectivity index (χ2n) is 5.16. The number of fused-ring (bicyclic) bond motifs is 1. The monoisotopic (exact) mass is 357 g/mol. The molecule has 4 nitrogen and oxygen atoms in total. The molecule has 1 N–H and O–H groups in total. The van der Waals surface area contributed by atoms with E-state index >= 15 is 0 Å². The SMILES string of the molecule is Cc1cc(C(=O)N/N=C/c2c(Cl)cccc2Cl)c2ccccc2n1. The molecule has 0 atom stereocenters. The Balaban J connectivity index is 1.87. The van der Waals surface area contributed by atoms with Crippen LogP contribution >= 0.6 is 23.2 Å². The number of nitrogens with one attached hydrogen (secondary N) is 1. The van der Waals surface area contributed by atoms with Gasteiger partial charge in [0.25, 0.3) is 5.91 Å². The summed E-state index contributed by atoms with van der Waals surface area (Å²) in [4.78, 5) is 16.9. The topological polar surface area (TPSA) is 54.4 Å². The third-order valence-corrected chi connectivity index (χ3v) is 4.11. The third-order valence-electron chi connectivity index (χ3n) is 3.45. The van der Waals surface area contributed by atoms with Crippen molar-refractivity contribution < 1.29 is 4.79 Å². The minimum absolute atomic E-state index is 0.323. The highest BCUT2D eigenvalue weighted by Crippen LogP contribution is 2.22. The zero-order chi connectivity index (χ0) is 17.1. The number of hydrogen-bond donors (Lipinski definition) is 1. The van der Waals surface area contributed by atoms with E-state index in [2.05, 4.69) is 15.5 Å². The van der Waals surface area contributed by atoms with Gasteiger partial charge in [0.15, 0.2) is 0 Å². The standard InChI is InChI=1S/C18H13Cl2N3O/c1-11-9-13(12-5-2-3-8-17(12)22-11)18(24)23-21-10-14-15(19)6-4-7-16(14)20/h2-10H,1H3,(H,23,24)/b21-10+. The number of hydrazone groups is 1. The van der Waals surface area contributed by atoms with Gasteiger partial charge in [-0.3, -0.25) is 9.78 Å². The average Bonchev–Trinajstić information content (AvgIpc) is 2.56. The lowest BCUT2D eigenvalue weighted by atomic mass is 10.1. The highest BCUT2D eigenvalue weighted by molar-refractivity contribution is 6.38. The van der Waals surface area contributed by atoms with Crippen molar-refractivity contribution in [2.45, 2.75) is 6.92 Å². The minimum Gasteiger partial charge on any atom is -0.267 e. The predicted octanol–water partition coefficient (Wildman–Crippen LogP) is 4.61. The molecule has 1 amide bonds. The predicted molar refractivity (Wildman–Crippen MR) is 98.0 cm³/mol. The highest BCUT2D eigenvalue weighted by Gasteiger charge is 2.11. The van der Waals surface area contributed by atoms with Crippen LogP contribution in [0.5, 0.6) is 0 Å². The summed E-state index contributed by atoms with van der Waals surface area (Å²) < 4.78 is 0. The Bertz CT molecular complexity index is 934. The van der Waals surface area contributed by atoms with Gasteiger partial charge in [0.05, 0.1) is 27.3 Å². The molecule has 0 aliphatic carbocycles. The molecule has 0 aliphatic rings. The first-order valence-electron chi connectivity index (χ1n) is 7.20. The summed E-state index contributed by atoms with van der Waals surface area (Å²) in [5, 5.41) is 5.66. The van der Waals surface area contributed by atoms with E-state index in [1.54, 1.807) is 24.3 Å². The van der Waals surface area contributed by atoms with Crippen molar-refractivity contribution in [1.82, 2.24) is 10.4 Å². The fourth-order valence-corrected chi connectivity index (χ4v) is 2.84. The van der Waals surface area contributed by atoms with Gasteiger partial charge < -0.3 is 0 Å². The van der Waals surface area contributed by atoms with Crippen LogP contribution < -0.4 is 5.43 Å². The largest absolute Gasteiger partial charge is 0.272 e. The average molecular weight is 358 g/mol. The molecule has 1 heterocycles. The molecule has 1 aromatic heterocycles. The summed E-state index contributed by atoms with van der Waals surface area (Å²) in [7, 11) is 0. The highest BCUT2D eigenvalue weighted by atomic mass is 35.5. The maximum absolute atomic E-state index is 12.5. The fraction of sp³-hybridized carbons (Fsp3) is 0.0556. The smallest absolute Gasteiger partial charge is 0.267 e. The molecule has 0 spiro atoms. The Morgan fingerprint density at radius 3 is 2.58 bits per heavy atom. The molecule has 120 valence electrons. The number of rotatable bonds is 3. The second-order valence-corrected chi connectivity index (χ2v) is 5.98. The second kappa shape index (κ2) is 6.99. The first kappa shape index (κ1) is 16.4. The van der Waals surface area contributed by atoms with Gasteiger partial charge in [-0.2, -0.15) is 5.10 Å². The third kappa shape index (κ3) is 3.40. The normalized spacial score (nSPS) is 11.1. The molecule has 0 aliphatic heterocycles. The number of nitrogens with zero attached hydrogens (tertiary/aromatic N) is 2. The number of aromatic nitrogens is 1. The summed E-state index contributed by atoms with van der Waals surface area (Å²) in [6.07, 6.45) is 1.43. The summed E-state index contributed by atoms with van der Waals surface area (Å²) in [5.74, 6) is -0.323. The lowest BCUT2D eigenvalue weighted by Crippen LogP contribution is -2.18. The summed E-state index contributed by atoms with van der Waals surface area (Å²) >= 11 is 12.1. The van der Waals surface area contributed by atoms with Gasteiger partial charge in [0.2, 0.25) is 0 Å². The van der Waals surface area contributed by atoms with Crippen LogP contribution in [0.25, 0.3) is 10.9 Å². The van der Waals surface area contributed by atoms with E-state index in [1.807, 2.05) is 31.2 Å². The van der Waals surface area contributed by atoms with Crippen LogP contribution in [0, 0.1) is 6.92 Å². The number of carbonyl (C=O) groups is 1. The zero-order valence-corrected chi connectivity index (χ0v) is 14.3. The van der Waals surface area contributed by atoms with E-state index < -0.39 is 0 Å². The molecule has 0 saturated carbocycles. The molecule has 0 saturated heterocycles. The maximum atomic E-state index is 12.5. The number of para-hydroxylation sites is 1. The van der Waals surface area contributed by atoms with Crippen LogP contribution in [-0.4, -0.2) is 17.1 Å². The summed E-state index contributed by atoms with van der Waals surface area (Å²) in [6, 6.07) is 14.4. The van der Waals surface area contributed by atoms with Crippen molar-refractivity contribution in [3.63, 3.8) is 0 Å². The Morgan fingerprint density at radius 2 is 1.83 bits per heavy atom. The lowest BCUT2D eigenvalue weighted by Gasteiger charge is -2.06. The Labute approximate surface area is 149 Å². The van der Waals surface area contributed by atoms with Crippen molar-refractivity contribution >= 4 is 46.2 Å².